The van der Waals surface area contributed by atoms with Crippen LogP contribution in [0.4, 0.5) is 0 Å². The number of amides is 1. The zero-order chi connectivity index (χ0) is 22.8. The number of aromatic hydroxyl groups is 2. The molecule has 2 N–H and O–H groups in total. The Morgan fingerprint density at radius 2 is 1.69 bits per heavy atom. The molecule has 0 saturated carbocycles. The molecule has 6 nitrogen and oxygen atoms in total. The van der Waals surface area contributed by atoms with Crippen molar-refractivity contribution in [3.05, 3.63) is 88.0 Å². The van der Waals surface area contributed by atoms with Crippen molar-refractivity contribution in [1.82, 2.24) is 9.80 Å². The van der Waals surface area contributed by atoms with Gasteiger partial charge in [-0.25, -0.2) is 0 Å². The molecule has 0 unspecified atom stereocenters. The average molecular weight is 433 g/mol. The highest BCUT2D eigenvalue weighted by atomic mass is 16.5. The van der Waals surface area contributed by atoms with Crippen LogP contribution in [0.25, 0.3) is 0 Å². The van der Waals surface area contributed by atoms with E-state index in [0.29, 0.717) is 18.7 Å². The van der Waals surface area contributed by atoms with Gasteiger partial charge in [-0.05, 0) is 43.3 Å². The summed E-state index contributed by atoms with van der Waals surface area (Å²) in [5.41, 5.74) is 4.83. The van der Waals surface area contributed by atoms with E-state index in [4.69, 9.17) is 4.74 Å². The van der Waals surface area contributed by atoms with Crippen LogP contribution >= 0.6 is 0 Å². The lowest BCUT2D eigenvalue weighted by molar-refractivity contribution is 0.0742. The topological polar surface area (TPSA) is 73.2 Å². The van der Waals surface area contributed by atoms with Crippen molar-refractivity contribution < 1.29 is 19.7 Å². The van der Waals surface area contributed by atoms with Crippen molar-refractivity contribution in [3.8, 4) is 17.2 Å². The first kappa shape index (κ1) is 21.7. The van der Waals surface area contributed by atoms with E-state index in [-0.39, 0.29) is 35.3 Å². The Labute approximate surface area is 188 Å². The fourth-order valence-electron chi connectivity index (χ4n) is 4.06. The molecule has 1 amide bonds. The van der Waals surface area contributed by atoms with E-state index < -0.39 is 0 Å². The van der Waals surface area contributed by atoms with Gasteiger partial charge in [0.2, 0.25) is 0 Å². The predicted molar refractivity (Wildman–Crippen MR) is 123 cm³/mol. The van der Waals surface area contributed by atoms with Gasteiger partial charge < -0.3 is 24.7 Å². The van der Waals surface area contributed by atoms with Crippen molar-refractivity contribution >= 4 is 5.91 Å². The molecule has 32 heavy (non-hydrogen) atoms. The van der Waals surface area contributed by atoms with Crippen LogP contribution in [0, 0.1) is 6.92 Å². The van der Waals surface area contributed by atoms with E-state index in [1.165, 1.54) is 11.6 Å². The summed E-state index contributed by atoms with van der Waals surface area (Å²) in [6.45, 7) is 3.66. The third-order valence-corrected chi connectivity index (χ3v) is 5.70. The fourth-order valence-corrected chi connectivity index (χ4v) is 4.06. The minimum atomic E-state index is -0.320. The van der Waals surface area contributed by atoms with Crippen LogP contribution in [-0.2, 0) is 26.2 Å². The number of phenols is 2. The summed E-state index contributed by atoms with van der Waals surface area (Å²) >= 11 is 0. The van der Waals surface area contributed by atoms with Crippen molar-refractivity contribution in [2.75, 3.05) is 14.1 Å². The van der Waals surface area contributed by atoms with Gasteiger partial charge in [0, 0.05) is 31.3 Å². The fraction of sp³-hybridized carbons (Fsp3) is 0.269. The number of carbonyl (C=O) groups is 1. The highest BCUT2D eigenvalue weighted by Gasteiger charge is 2.30. The lowest BCUT2D eigenvalue weighted by Crippen LogP contribution is -2.26. The maximum absolute atomic E-state index is 13.5. The van der Waals surface area contributed by atoms with E-state index in [9.17, 15) is 15.0 Å². The molecular formula is C26H28N2O4. The predicted octanol–water partition coefficient (Wildman–Crippen LogP) is 4.20. The number of hydrogen-bond acceptors (Lipinski definition) is 5. The second kappa shape index (κ2) is 8.93. The highest BCUT2D eigenvalue weighted by molar-refractivity contribution is 6.00. The number of carbonyl (C=O) groups excluding carboxylic acids is 1. The molecule has 0 radical (unpaired) electrons. The van der Waals surface area contributed by atoms with Crippen LogP contribution < -0.4 is 4.74 Å². The molecule has 0 bridgehead atoms. The molecule has 1 aliphatic heterocycles. The number of ether oxygens (including phenoxy) is 1. The second-order valence-corrected chi connectivity index (χ2v) is 8.52. The Morgan fingerprint density at radius 3 is 2.41 bits per heavy atom. The highest BCUT2D eigenvalue weighted by Crippen LogP contribution is 2.40. The van der Waals surface area contributed by atoms with Gasteiger partial charge in [-0.3, -0.25) is 4.79 Å². The summed E-state index contributed by atoms with van der Waals surface area (Å²) in [4.78, 5) is 17.3. The first-order valence-electron chi connectivity index (χ1n) is 10.6. The Kier molecular flexibility index (Phi) is 6.06. The van der Waals surface area contributed by atoms with Crippen LogP contribution in [0.3, 0.4) is 0 Å². The van der Waals surface area contributed by atoms with E-state index in [1.807, 2.05) is 44.4 Å². The summed E-state index contributed by atoms with van der Waals surface area (Å²) in [5.74, 6) is -0.509. The Bertz CT molecular complexity index is 1140. The Morgan fingerprint density at radius 1 is 0.969 bits per heavy atom. The lowest BCUT2D eigenvalue weighted by atomic mass is 10.1. The molecule has 0 aliphatic carbocycles. The van der Waals surface area contributed by atoms with Crippen molar-refractivity contribution in [2.24, 2.45) is 0 Å². The smallest absolute Gasteiger partial charge is 0.262 e. The molecule has 0 atom stereocenters. The molecular weight excluding hydrogens is 404 g/mol. The summed E-state index contributed by atoms with van der Waals surface area (Å²) in [5, 5.41) is 20.8. The van der Waals surface area contributed by atoms with Gasteiger partial charge in [0.1, 0.15) is 29.4 Å². The van der Waals surface area contributed by atoms with E-state index in [1.54, 1.807) is 11.8 Å². The van der Waals surface area contributed by atoms with Gasteiger partial charge >= 0.3 is 0 Å². The third kappa shape index (κ3) is 4.41. The van der Waals surface area contributed by atoms with Crippen molar-refractivity contribution in [1.29, 1.82) is 0 Å². The quantitative estimate of drug-likeness (QED) is 0.611. The van der Waals surface area contributed by atoms with E-state index in [2.05, 4.69) is 23.1 Å². The summed E-state index contributed by atoms with van der Waals surface area (Å²) in [6.07, 6.45) is 0. The maximum atomic E-state index is 13.5. The van der Waals surface area contributed by atoms with Gasteiger partial charge in [0.05, 0.1) is 0 Å². The lowest BCUT2D eigenvalue weighted by Gasteiger charge is -2.21. The number of phenolic OH excluding ortho intramolecular Hbond substituents is 2. The largest absolute Gasteiger partial charge is 0.507 e. The molecule has 0 saturated heterocycles. The molecule has 166 valence electrons. The van der Waals surface area contributed by atoms with Crippen LogP contribution in [-0.4, -0.2) is 40.0 Å². The van der Waals surface area contributed by atoms with E-state index in [0.717, 1.165) is 23.2 Å². The van der Waals surface area contributed by atoms with Crippen molar-refractivity contribution in [3.63, 3.8) is 0 Å². The molecule has 1 aliphatic rings. The minimum Gasteiger partial charge on any atom is -0.507 e. The van der Waals surface area contributed by atoms with Crippen LogP contribution in [0.15, 0.2) is 54.6 Å². The molecule has 6 heteroatoms. The Hall–Kier alpha value is -3.51. The van der Waals surface area contributed by atoms with Gasteiger partial charge in [-0.1, -0.05) is 48.5 Å². The van der Waals surface area contributed by atoms with Gasteiger partial charge in [0.15, 0.2) is 0 Å². The average Bonchev–Trinajstić information content (AvgIpc) is 3.18. The molecule has 0 spiro atoms. The van der Waals surface area contributed by atoms with E-state index >= 15 is 0 Å². The standard InChI is InChI=1S/C26H28N2O4/c1-17-22(29)12-23(30)24(25(17)32-16-18-7-5-4-6-8-18)26(31)28-14-20-10-9-19(13-27(2)3)11-21(20)15-28/h4-12,29-30H,13-16H2,1-3H3. The molecule has 3 aromatic rings. The number of nitrogens with zero attached hydrogens (tertiary/aromatic N) is 2. The van der Waals surface area contributed by atoms with Crippen LogP contribution in [0.5, 0.6) is 17.2 Å². The van der Waals surface area contributed by atoms with Gasteiger partial charge in [0.25, 0.3) is 5.91 Å². The van der Waals surface area contributed by atoms with Gasteiger partial charge in [-0.2, -0.15) is 0 Å². The van der Waals surface area contributed by atoms with Gasteiger partial charge in [-0.15, -0.1) is 0 Å². The Balaban J connectivity index is 1.61. The molecule has 1 heterocycles. The summed E-state index contributed by atoms with van der Waals surface area (Å²) in [7, 11) is 4.05. The monoisotopic (exact) mass is 432 g/mol. The van der Waals surface area contributed by atoms with Crippen LogP contribution in [0.1, 0.15) is 38.2 Å². The third-order valence-electron chi connectivity index (χ3n) is 5.70. The molecule has 4 rings (SSSR count). The number of fused-ring (bicyclic) bond motifs is 1. The minimum absolute atomic E-state index is 0.0811. The normalized spacial score (nSPS) is 12.8. The number of rotatable bonds is 6. The molecule has 3 aromatic carbocycles. The summed E-state index contributed by atoms with van der Waals surface area (Å²) in [6, 6.07) is 17.1. The molecule has 0 aromatic heterocycles. The zero-order valence-electron chi connectivity index (χ0n) is 18.6. The van der Waals surface area contributed by atoms with Crippen molar-refractivity contribution in [2.45, 2.75) is 33.2 Å². The maximum Gasteiger partial charge on any atom is 0.262 e. The van der Waals surface area contributed by atoms with Crippen LogP contribution in [0.2, 0.25) is 0 Å². The SMILES string of the molecule is Cc1c(O)cc(O)c(C(=O)N2Cc3ccc(CN(C)C)cc3C2)c1OCc1ccccc1. The first-order chi connectivity index (χ1) is 15.3. The first-order valence-corrected chi connectivity index (χ1v) is 10.6. The molecule has 0 fully saturated rings. The zero-order valence-corrected chi connectivity index (χ0v) is 18.6. The number of benzene rings is 3. The number of hydrogen-bond donors (Lipinski definition) is 2. The summed E-state index contributed by atoms with van der Waals surface area (Å²) < 4.78 is 5.96. The second-order valence-electron chi connectivity index (χ2n) is 8.52.